The molecule has 0 radical (unpaired) electrons. The van der Waals surface area contributed by atoms with Crippen LogP contribution in [0.5, 0.6) is 5.75 Å². The number of alkyl halides is 2. The van der Waals surface area contributed by atoms with Crippen LogP contribution in [0.4, 0.5) is 14.7 Å². The molecule has 0 saturated carbocycles. The zero-order valence-corrected chi connectivity index (χ0v) is 12.8. The van der Waals surface area contributed by atoms with Gasteiger partial charge in [0.1, 0.15) is 10.6 Å². The number of nitrogens with one attached hydrogen (secondary N) is 1. The van der Waals surface area contributed by atoms with E-state index < -0.39 is 6.61 Å². The summed E-state index contributed by atoms with van der Waals surface area (Å²) in [4.78, 5) is 22.4. The van der Waals surface area contributed by atoms with Gasteiger partial charge in [-0.25, -0.2) is 9.97 Å². The van der Waals surface area contributed by atoms with Crippen molar-refractivity contribution in [2.24, 2.45) is 0 Å². The van der Waals surface area contributed by atoms with E-state index in [4.69, 9.17) is 0 Å². The van der Waals surface area contributed by atoms with Gasteiger partial charge in [-0.3, -0.25) is 4.79 Å². The predicted molar refractivity (Wildman–Crippen MR) is 80.9 cm³/mol. The molecule has 0 aromatic carbocycles. The first-order valence-corrected chi connectivity index (χ1v) is 7.86. The molecule has 1 saturated heterocycles. The quantitative estimate of drug-likeness (QED) is 0.906. The second-order valence-electron chi connectivity index (χ2n) is 4.95. The van der Waals surface area contributed by atoms with Gasteiger partial charge in [-0.15, -0.1) is 11.3 Å². The molecule has 0 bridgehead atoms. The monoisotopic (exact) mass is 340 g/mol. The third kappa shape index (κ3) is 3.73. The van der Waals surface area contributed by atoms with Gasteiger partial charge >= 0.3 is 6.61 Å². The van der Waals surface area contributed by atoms with E-state index in [9.17, 15) is 13.6 Å². The minimum absolute atomic E-state index is 0.0285. The number of likely N-dealkylation sites (tertiary alicyclic amines) is 1. The predicted octanol–water partition coefficient (Wildman–Crippen LogP) is 2.47. The number of ether oxygens (including phenoxy) is 1. The van der Waals surface area contributed by atoms with Crippen molar-refractivity contribution in [1.82, 2.24) is 14.9 Å². The Hall–Kier alpha value is -2.29. The van der Waals surface area contributed by atoms with Crippen LogP contribution >= 0.6 is 11.3 Å². The lowest BCUT2D eigenvalue weighted by atomic mass is 10.3. The average Bonchev–Trinajstić information content (AvgIpc) is 3.17. The van der Waals surface area contributed by atoms with Crippen molar-refractivity contribution in [2.45, 2.75) is 19.1 Å². The van der Waals surface area contributed by atoms with Crippen molar-refractivity contribution < 1.29 is 18.3 Å². The zero-order chi connectivity index (χ0) is 16.2. The van der Waals surface area contributed by atoms with Crippen LogP contribution in [0.1, 0.15) is 16.1 Å². The van der Waals surface area contributed by atoms with Crippen molar-refractivity contribution in [1.29, 1.82) is 0 Å². The smallest absolute Gasteiger partial charge is 0.387 e. The number of rotatable bonds is 5. The number of nitrogens with zero attached hydrogens (tertiary/aromatic N) is 3. The van der Waals surface area contributed by atoms with Crippen LogP contribution in [-0.4, -0.2) is 46.5 Å². The van der Waals surface area contributed by atoms with E-state index in [2.05, 4.69) is 20.0 Å². The Morgan fingerprint density at radius 3 is 2.96 bits per heavy atom. The molecule has 6 nitrogen and oxygen atoms in total. The van der Waals surface area contributed by atoms with E-state index in [1.165, 1.54) is 6.07 Å². The topological polar surface area (TPSA) is 67.3 Å². The summed E-state index contributed by atoms with van der Waals surface area (Å²) in [5.41, 5.74) is 0. The summed E-state index contributed by atoms with van der Waals surface area (Å²) in [6, 6.07) is 3.13. The summed E-state index contributed by atoms with van der Waals surface area (Å²) in [6.45, 7) is -1.95. The summed E-state index contributed by atoms with van der Waals surface area (Å²) >= 11 is 1.10. The number of hydrogen-bond acceptors (Lipinski definition) is 6. The molecule has 0 spiro atoms. The van der Waals surface area contributed by atoms with E-state index >= 15 is 0 Å². The number of thiophene rings is 1. The Morgan fingerprint density at radius 1 is 1.43 bits per heavy atom. The van der Waals surface area contributed by atoms with Crippen LogP contribution in [0.3, 0.4) is 0 Å². The van der Waals surface area contributed by atoms with Gasteiger partial charge in [0.2, 0.25) is 5.95 Å². The molecule has 1 aliphatic heterocycles. The van der Waals surface area contributed by atoms with Gasteiger partial charge in [-0.05, 0) is 23.9 Å². The normalized spacial score (nSPS) is 17.5. The van der Waals surface area contributed by atoms with Gasteiger partial charge in [0.05, 0.1) is 0 Å². The second-order valence-corrected chi connectivity index (χ2v) is 5.86. The molecule has 122 valence electrons. The lowest BCUT2D eigenvalue weighted by Crippen LogP contribution is -2.31. The molecular formula is C14H14F2N4O2S. The highest BCUT2D eigenvalue weighted by Crippen LogP contribution is 2.29. The molecule has 9 heteroatoms. The number of halogens is 2. The van der Waals surface area contributed by atoms with Crippen molar-refractivity contribution >= 4 is 23.2 Å². The lowest BCUT2D eigenvalue weighted by molar-refractivity contribution is -0.0499. The molecule has 1 unspecified atom stereocenters. The van der Waals surface area contributed by atoms with Gasteiger partial charge in [-0.1, -0.05) is 0 Å². The van der Waals surface area contributed by atoms with E-state index in [0.717, 1.165) is 17.8 Å². The third-order valence-electron chi connectivity index (χ3n) is 3.41. The van der Waals surface area contributed by atoms with E-state index in [0.29, 0.717) is 19.0 Å². The number of aromatic nitrogens is 2. The molecule has 2 aromatic heterocycles. The van der Waals surface area contributed by atoms with Gasteiger partial charge < -0.3 is 15.0 Å². The molecule has 1 atom stereocenters. The molecular weight excluding hydrogens is 326 g/mol. The lowest BCUT2D eigenvalue weighted by Gasteiger charge is -2.17. The average molecular weight is 340 g/mol. The third-order valence-corrected chi connectivity index (χ3v) is 4.30. The molecule has 1 N–H and O–H groups in total. The fourth-order valence-electron chi connectivity index (χ4n) is 2.40. The Bertz CT molecular complexity index is 668. The molecule has 23 heavy (non-hydrogen) atoms. The van der Waals surface area contributed by atoms with E-state index in [1.807, 2.05) is 0 Å². The van der Waals surface area contributed by atoms with Crippen molar-refractivity contribution in [2.75, 3.05) is 18.4 Å². The minimum Gasteiger partial charge on any atom is -0.433 e. The van der Waals surface area contributed by atoms with Crippen LogP contribution in [0.25, 0.3) is 0 Å². The molecule has 2 aromatic rings. The zero-order valence-electron chi connectivity index (χ0n) is 12.0. The maximum atomic E-state index is 12.5. The Balaban J connectivity index is 1.62. The molecule has 1 amide bonds. The van der Waals surface area contributed by atoms with Crippen LogP contribution in [0.15, 0.2) is 29.9 Å². The fourth-order valence-corrected chi connectivity index (χ4v) is 3.19. The Kier molecular flexibility index (Phi) is 4.65. The summed E-state index contributed by atoms with van der Waals surface area (Å²) in [7, 11) is 0. The molecule has 1 aliphatic rings. The summed E-state index contributed by atoms with van der Waals surface area (Å²) < 4.78 is 29.1. The highest BCUT2D eigenvalue weighted by molar-refractivity contribution is 7.12. The Morgan fingerprint density at radius 2 is 2.22 bits per heavy atom. The first-order valence-electron chi connectivity index (χ1n) is 6.98. The van der Waals surface area contributed by atoms with Crippen molar-refractivity contribution in [3.8, 4) is 5.75 Å². The SMILES string of the molecule is O=C(c1sccc1OC(F)F)N1CCC(Nc2ncccn2)C1. The minimum atomic E-state index is -2.95. The highest BCUT2D eigenvalue weighted by Gasteiger charge is 2.30. The Labute approximate surface area is 135 Å². The summed E-state index contributed by atoms with van der Waals surface area (Å²) in [5, 5.41) is 4.72. The number of anilines is 1. The van der Waals surface area contributed by atoms with Crippen LogP contribution < -0.4 is 10.1 Å². The highest BCUT2D eigenvalue weighted by atomic mass is 32.1. The summed E-state index contributed by atoms with van der Waals surface area (Å²) in [6.07, 6.45) is 4.00. The number of carbonyl (C=O) groups excluding carboxylic acids is 1. The van der Waals surface area contributed by atoms with E-state index in [1.54, 1.807) is 28.7 Å². The van der Waals surface area contributed by atoms with Crippen molar-refractivity contribution in [3.05, 3.63) is 34.8 Å². The maximum absolute atomic E-state index is 12.5. The van der Waals surface area contributed by atoms with Crippen LogP contribution in [-0.2, 0) is 0 Å². The largest absolute Gasteiger partial charge is 0.433 e. The van der Waals surface area contributed by atoms with Gasteiger partial charge in [-0.2, -0.15) is 8.78 Å². The number of carbonyl (C=O) groups is 1. The van der Waals surface area contributed by atoms with Gasteiger partial charge in [0.15, 0.2) is 0 Å². The van der Waals surface area contributed by atoms with E-state index in [-0.39, 0.29) is 22.6 Å². The molecule has 1 fully saturated rings. The van der Waals surface area contributed by atoms with Crippen molar-refractivity contribution in [3.63, 3.8) is 0 Å². The number of hydrogen-bond donors (Lipinski definition) is 1. The van der Waals surface area contributed by atoms with Gasteiger partial charge in [0, 0.05) is 31.5 Å². The van der Waals surface area contributed by atoms with Crippen LogP contribution in [0.2, 0.25) is 0 Å². The van der Waals surface area contributed by atoms with Gasteiger partial charge in [0.25, 0.3) is 5.91 Å². The first kappa shape index (κ1) is 15.6. The standard InChI is InChI=1S/C14H14F2N4O2S/c15-13(16)22-10-3-7-23-11(10)12(21)20-6-2-9(8-20)19-14-17-4-1-5-18-14/h1,3-5,7,9,13H,2,6,8H2,(H,17,18,19). The maximum Gasteiger partial charge on any atom is 0.387 e. The number of amides is 1. The first-order chi connectivity index (χ1) is 11.1. The molecule has 0 aliphatic carbocycles. The summed E-state index contributed by atoms with van der Waals surface area (Å²) in [5.74, 6) is 0.136. The molecule has 3 heterocycles. The second kappa shape index (κ2) is 6.86. The van der Waals surface area contributed by atoms with Crippen LogP contribution in [0, 0.1) is 0 Å². The fraction of sp³-hybridized carbons (Fsp3) is 0.357. The molecule has 3 rings (SSSR count).